The predicted octanol–water partition coefficient (Wildman–Crippen LogP) is 3.03. The molecular weight excluding hydrogens is 172 g/mol. The van der Waals surface area contributed by atoms with Crippen LogP contribution >= 0.6 is 0 Å². The molecule has 0 fully saturated rings. The smallest absolute Gasteiger partial charge is 0.0722 e. The van der Waals surface area contributed by atoms with Crippen molar-refractivity contribution < 1.29 is 5.11 Å². The lowest BCUT2D eigenvalue weighted by Crippen LogP contribution is -2.00. The van der Waals surface area contributed by atoms with E-state index in [4.69, 9.17) is 0 Å². The van der Waals surface area contributed by atoms with Crippen molar-refractivity contribution in [3.63, 3.8) is 0 Å². The van der Waals surface area contributed by atoms with Gasteiger partial charge in [-0.1, -0.05) is 37.3 Å². The molecule has 76 valence electrons. The van der Waals surface area contributed by atoms with E-state index in [0.29, 0.717) is 0 Å². The minimum atomic E-state index is -0.361. The third kappa shape index (κ3) is 2.71. The Morgan fingerprint density at radius 2 is 2.07 bits per heavy atom. The van der Waals surface area contributed by atoms with Crippen LogP contribution in [-0.2, 0) is 6.42 Å². The Morgan fingerprint density at radius 3 is 2.64 bits per heavy atom. The van der Waals surface area contributed by atoms with Gasteiger partial charge in [0.25, 0.3) is 0 Å². The molecule has 0 spiro atoms. The van der Waals surface area contributed by atoms with E-state index in [9.17, 15) is 5.11 Å². The molecule has 1 rings (SSSR count). The van der Waals surface area contributed by atoms with Crippen molar-refractivity contribution in [2.45, 2.75) is 33.3 Å². The molecule has 0 aliphatic carbocycles. The molecule has 0 bridgehead atoms. The summed E-state index contributed by atoms with van der Waals surface area (Å²) in [6.45, 7) is 5.89. The van der Waals surface area contributed by atoms with Crippen LogP contribution < -0.4 is 0 Å². The van der Waals surface area contributed by atoms with Crippen LogP contribution in [0.25, 0.3) is 6.08 Å². The lowest BCUT2D eigenvalue weighted by atomic mass is 10.0. The van der Waals surface area contributed by atoms with Gasteiger partial charge in [0.1, 0.15) is 0 Å². The maximum Gasteiger partial charge on any atom is 0.0722 e. The fourth-order valence-electron chi connectivity index (χ4n) is 1.36. The van der Waals surface area contributed by atoms with Crippen molar-refractivity contribution in [2.75, 3.05) is 0 Å². The maximum atomic E-state index is 9.38. The molecular formula is C13H18O. The molecule has 0 radical (unpaired) electrons. The number of aliphatic hydroxyl groups is 1. The highest BCUT2D eigenvalue weighted by Crippen LogP contribution is 2.15. The predicted molar refractivity (Wildman–Crippen MR) is 61.2 cm³/mol. The number of benzene rings is 1. The van der Waals surface area contributed by atoms with Gasteiger partial charge in [-0.2, -0.15) is 0 Å². The van der Waals surface area contributed by atoms with Gasteiger partial charge in [-0.15, -0.1) is 0 Å². The number of hydrogen-bond acceptors (Lipinski definition) is 1. The Labute approximate surface area is 86.1 Å². The molecule has 1 unspecified atom stereocenters. The maximum absolute atomic E-state index is 9.38. The Kier molecular flexibility index (Phi) is 3.90. The van der Waals surface area contributed by atoms with Crippen molar-refractivity contribution >= 4 is 6.08 Å². The highest BCUT2D eigenvalue weighted by atomic mass is 16.3. The lowest BCUT2D eigenvalue weighted by Gasteiger charge is -2.07. The molecule has 0 amide bonds. The lowest BCUT2D eigenvalue weighted by molar-refractivity contribution is 0.232. The minimum absolute atomic E-state index is 0.361. The molecule has 0 heterocycles. The average molecular weight is 190 g/mol. The summed E-state index contributed by atoms with van der Waals surface area (Å²) in [5.41, 5.74) is 3.55. The Balaban J connectivity index is 3.01. The van der Waals surface area contributed by atoms with Gasteiger partial charge in [0.05, 0.1) is 6.10 Å². The SMILES string of the molecule is CCc1ccccc1/C=C(/C)C(C)O. The van der Waals surface area contributed by atoms with E-state index in [-0.39, 0.29) is 6.10 Å². The van der Waals surface area contributed by atoms with Gasteiger partial charge in [-0.05, 0) is 37.0 Å². The molecule has 1 nitrogen and oxygen atoms in total. The largest absolute Gasteiger partial charge is 0.389 e. The van der Waals surface area contributed by atoms with Crippen LogP contribution in [0, 0.1) is 0 Å². The quantitative estimate of drug-likeness (QED) is 0.776. The van der Waals surface area contributed by atoms with Gasteiger partial charge in [0.15, 0.2) is 0 Å². The molecule has 1 heteroatoms. The van der Waals surface area contributed by atoms with Crippen molar-refractivity contribution in [1.82, 2.24) is 0 Å². The molecule has 1 N–H and O–H groups in total. The van der Waals surface area contributed by atoms with Crippen molar-refractivity contribution in [2.24, 2.45) is 0 Å². The van der Waals surface area contributed by atoms with Crippen molar-refractivity contribution in [3.8, 4) is 0 Å². The number of hydrogen-bond donors (Lipinski definition) is 1. The molecule has 1 aromatic carbocycles. The topological polar surface area (TPSA) is 20.2 Å². The average Bonchev–Trinajstić information content (AvgIpc) is 2.18. The van der Waals surface area contributed by atoms with Gasteiger partial charge < -0.3 is 5.11 Å². The molecule has 14 heavy (non-hydrogen) atoms. The van der Waals surface area contributed by atoms with E-state index in [1.165, 1.54) is 11.1 Å². The second-order valence-electron chi connectivity index (χ2n) is 3.62. The van der Waals surface area contributed by atoms with Gasteiger partial charge in [0.2, 0.25) is 0 Å². The van der Waals surface area contributed by atoms with Gasteiger partial charge in [-0.3, -0.25) is 0 Å². The summed E-state index contributed by atoms with van der Waals surface area (Å²) >= 11 is 0. The third-order valence-corrected chi connectivity index (χ3v) is 2.48. The number of aryl methyl sites for hydroxylation is 1. The van der Waals surface area contributed by atoms with E-state index in [1.807, 2.05) is 19.1 Å². The van der Waals surface area contributed by atoms with E-state index < -0.39 is 0 Å². The first kappa shape index (κ1) is 11.0. The Hall–Kier alpha value is -1.08. The summed E-state index contributed by atoms with van der Waals surface area (Å²) < 4.78 is 0. The zero-order valence-corrected chi connectivity index (χ0v) is 9.12. The van der Waals surface area contributed by atoms with E-state index in [1.54, 1.807) is 6.92 Å². The first-order chi connectivity index (χ1) is 6.65. The summed E-state index contributed by atoms with van der Waals surface area (Å²) in [5, 5.41) is 9.38. The van der Waals surface area contributed by atoms with Crippen LogP contribution in [0.1, 0.15) is 31.9 Å². The fraction of sp³-hybridized carbons (Fsp3) is 0.385. The monoisotopic (exact) mass is 190 g/mol. The van der Waals surface area contributed by atoms with Crippen LogP contribution in [0.3, 0.4) is 0 Å². The van der Waals surface area contributed by atoms with Gasteiger partial charge in [-0.25, -0.2) is 0 Å². The fourth-order valence-corrected chi connectivity index (χ4v) is 1.36. The molecule has 0 aliphatic heterocycles. The van der Waals surface area contributed by atoms with Crippen molar-refractivity contribution in [1.29, 1.82) is 0 Å². The zero-order chi connectivity index (χ0) is 10.6. The van der Waals surface area contributed by atoms with E-state index in [2.05, 4.69) is 25.1 Å². The summed E-state index contributed by atoms with van der Waals surface area (Å²) in [6.07, 6.45) is 2.73. The second kappa shape index (κ2) is 4.97. The summed E-state index contributed by atoms with van der Waals surface area (Å²) in [6, 6.07) is 8.29. The van der Waals surface area contributed by atoms with Gasteiger partial charge in [0, 0.05) is 0 Å². The highest BCUT2D eigenvalue weighted by molar-refractivity contribution is 5.56. The number of aliphatic hydroxyl groups excluding tert-OH is 1. The van der Waals surface area contributed by atoms with Crippen LogP contribution in [0.4, 0.5) is 0 Å². The summed E-state index contributed by atoms with van der Waals surface area (Å²) in [7, 11) is 0. The van der Waals surface area contributed by atoms with Crippen LogP contribution in [-0.4, -0.2) is 11.2 Å². The highest BCUT2D eigenvalue weighted by Gasteiger charge is 2.00. The Bertz CT molecular complexity index is 324. The van der Waals surface area contributed by atoms with Crippen LogP contribution in [0.5, 0.6) is 0 Å². The molecule has 0 aromatic heterocycles. The normalized spacial score (nSPS) is 14.1. The molecule has 0 saturated carbocycles. The standard InChI is InChI=1S/C13H18O/c1-4-12-7-5-6-8-13(12)9-10(2)11(3)14/h5-9,11,14H,4H2,1-3H3/b10-9-. The first-order valence-corrected chi connectivity index (χ1v) is 5.09. The third-order valence-electron chi connectivity index (χ3n) is 2.48. The van der Waals surface area contributed by atoms with E-state index >= 15 is 0 Å². The van der Waals surface area contributed by atoms with E-state index in [0.717, 1.165) is 12.0 Å². The van der Waals surface area contributed by atoms with Crippen LogP contribution in [0.15, 0.2) is 29.8 Å². The zero-order valence-electron chi connectivity index (χ0n) is 9.12. The molecule has 1 aromatic rings. The second-order valence-corrected chi connectivity index (χ2v) is 3.62. The Morgan fingerprint density at radius 1 is 1.43 bits per heavy atom. The summed E-state index contributed by atoms with van der Waals surface area (Å²) in [5.74, 6) is 0. The van der Waals surface area contributed by atoms with Crippen molar-refractivity contribution in [3.05, 3.63) is 41.0 Å². The van der Waals surface area contributed by atoms with Gasteiger partial charge >= 0.3 is 0 Å². The summed E-state index contributed by atoms with van der Waals surface area (Å²) in [4.78, 5) is 0. The first-order valence-electron chi connectivity index (χ1n) is 5.09. The molecule has 0 aliphatic rings. The van der Waals surface area contributed by atoms with Crippen LogP contribution in [0.2, 0.25) is 0 Å². The molecule has 1 atom stereocenters. The number of rotatable bonds is 3. The minimum Gasteiger partial charge on any atom is -0.389 e. The molecule has 0 saturated heterocycles.